The predicted octanol–water partition coefficient (Wildman–Crippen LogP) is -0.198. The topological polar surface area (TPSA) is 41.6 Å². The Hall–Kier alpha value is 0.0231. The Balaban J connectivity index is 0.000000250. The van der Waals surface area contributed by atoms with Crippen molar-refractivity contribution in [3.63, 3.8) is 0 Å². The maximum atomic E-state index is 3.49. The number of nitrogens with one attached hydrogen (secondary N) is 1. The van der Waals surface area contributed by atoms with Crippen molar-refractivity contribution in [3.8, 4) is 0 Å². The molecule has 4 heteroatoms. The fourth-order valence-corrected chi connectivity index (χ4v) is 0.167. The number of hydrogen-bond acceptors (Lipinski definition) is 2. The van der Waals surface area contributed by atoms with E-state index in [9.17, 15) is 0 Å². The molecule has 1 N–H and O–H groups in total. The normalized spacial score (nSPS) is 6.67. The van der Waals surface area contributed by atoms with Crippen LogP contribution in [-0.4, -0.2) is 15.4 Å². The van der Waals surface area contributed by atoms with Crippen molar-refractivity contribution >= 4 is 0 Å². The van der Waals surface area contributed by atoms with Crippen molar-refractivity contribution in [2.75, 3.05) is 0 Å². The fourth-order valence-electron chi connectivity index (χ4n) is 0.167. The minimum atomic E-state index is 0. The van der Waals surface area contributed by atoms with Crippen molar-refractivity contribution < 1.29 is 26.2 Å². The monoisotopic (exact) mass is 159 g/mol. The van der Waals surface area contributed by atoms with E-state index in [0.717, 1.165) is 0 Å². The van der Waals surface area contributed by atoms with Gasteiger partial charge in [0.15, 0.2) is 0 Å². The third kappa shape index (κ3) is 1.46. The van der Waals surface area contributed by atoms with Gasteiger partial charge in [0.2, 0.25) is 0 Å². The summed E-state index contributed by atoms with van der Waals surface area (Å²) in [4.78, 5) is 0. The van der Waals surface area contributed by atoms with Crippen molar-refractivity contribution in [3.05, 3.63) is 12.4 Å². The van der Waals surface area contributed by atoms with E-state index in [0.29, 0.717) is 0 Å². The van der Waals surface area contributed by atoms with Crippen LogP contribution < -0.4 is 0 Å². The van der Waals surface area contributed by atoms with E-state index < -0.39 is 0 Å². The van der Waals surface area contributed by atoms with Crippen LogP contribution in [0.25, 0.3) is 0 Å². The molecule has 0 fully saturated rings. The van der Waals surface area contributed by atoms with Crippen LogP contribution in [0.5, 0.6) is 0 Å². The number of nitrogens with zero attached hydrogens (tertiary/aromatic N) is 2. The maximum absolute atomic E-state index is 3.49. The molecule has 1 rings (SSSR count). The van der Waals surface area contributed by atoms with E-state index in [1.807, 2.05) is 0 Å². The van der Waals surface area contributed by atoms with E-state index in [1.165, 1.54) is 0 Å². The first kappa shape index (κ1) is 6.02. The van der Waals surface area contributed by atoms with Crippen molar-refractivity contribution in [2.24, 2.45) is 0 Å². The van der Waals surface area contributed by atoms with Crippen molar-refractivity contribution in [1.29, 1.82) is 0 Å². The largest absolute Gasteiger partial charge is 0.198 e. The van der Waals surface area contributed by atoms with Gasteiger partial charge in [-0.2, -0.15) is 15.4 Å². The molecule has 0 bridgehead atoms. The quantitative estimate of drug-likeness (QED) is 0.571. The molecular weight excluding hydrogens is 157 g/mol. The zero-order valence-electron chi connectivity index (χ0n) is 3.05. The number of aromatic nitrogens is 3. The number of aromatic amines is 1. The first-order valence-corrected chi connectivity index (χ1v) is 1.30. The van der Waals surface area contributed by atoms with Gasteiger partial charge in [0.05, 0.1) is 12.4 Å². The maximum Gasteiger partial charge on any atom is 0.0690 e. The molecule has 0 unspecified atom stereocenters. The first-order chi connectivity index (χ1) is 2.50. The molecule has 30 valence electrons. The molecule has 0 saturated carbocycles. The third-order valence-corrected chi connectivity index (χ3v) is 0.331. The third-order valence-electron chi connectivity index (χ3n) is 0.331. The van der Waals surface area contributed by atoms with Gasteiger partial charge in [-0.05, 0) is 0 Å². The van der Waals surface area contributed by atoms with Gasteiger partial charge in [-0.3, -0.25) is 0 Å². The van der Waals surface area contributed by atoms with E-state index in [1.54, 1.807) is 12.4 Å². The van der Waals surface area contributed by atoms with Crippen LogP contribution in [0.2, 0.25) is 0 Å². The summed E-state index contributed by atoms with van der Waals surface area (Å²) in [6.45, 7) is 0. The number of rotatable bonds is 0. The van der Waals surface area contributed by atoms with Gasteiger partial charge in [-0.15, -0.1) is 0 Å². The van der Waals surface area contributed by atoms with Crippen LogP contribution in [-0.2, 0) is 26.2 Å². The van der Waals surface area contributed by atoms with Crippen LogP contribution in [0.15, 0.2) is 12.4 Å². The molecule has 0 aliphatic carbocycles. The predicted molar refractivity (Wildman–Crippen MR) is 16.4 cm³/mol. The second-order valence-electron chi connectivity index (χ2n) is 0.656. The van der Waals surface area contributed by atoms with Gasteiger partial charge in [0.25, 0.3) is 0 Å². The smallest absolute Gasteiger partial charge is 0.0690 e. The summed E-state index contributed by atoms with van der Waals surface area (Å²) in [6, 6.07) is 0. The Morgan fingerprint density at radius 1 is 1.17 bits per heavy atom. The molecule has 0 spiro atoms. The average molecular weight is 160 g/mol. The van der Waals surface area contributed by atoms with E-state index >= 15 is 0 Å². The van der Waals surface area contributed by atoms with E-state index in [2.05, 4.69) is 15.4 Å². The molecule has 1 aromatic heterocycles. The van der Waals surface area contributed by atoms with E-state index in [4.69, 9.17) is 0 Å². The van der Waals surface area contributed by atoms with Crippen LogP contribution >= 0.6 is 0 Å². The minimum absolute atomic E-state index is 0. The Labute approximate surface area is 54.3 Å². The second kappa shape index (κ2) is 3.22. The Morgan fingerprint density at radius 2 is 1.67 bits per heavy atom. The minimum Gasteiger partial charge on any atom is -0.198 e. The molecular formula is C2H3N3Zr. The first-order valence-electron chi connectivity index (χ1n) is 1.30. The zero-order chi connectivity index (χ0) is 3.54. The molecule has 0 aromatic carbocycles. The summed E-state index contributed by atoms with van der Waals surface area (Å²) >= 11 is 0. The molecule has 1 heterocycles. The molecule has 0 radical (unpaired) electrons. The van der Waals surface area contributed by atoms with Crippen LogP contribution in [0.1, 0.15) is 0 Å². The van der Waals surface area contributed by atoms with Gasteiger partial charge in [0.1, 0.15) is 0 Å². The standard InChI is InChI=1S/C2H3N3.Zr/c1-2-4-5-3-1;/h1-2H,(H,3,4,5);. The van der Waals surface area contributed by atoms with Crippen LogP contribution in [0.3, 0.4) is 0 Å². The number of H-pyrrole nitrogens is 1. The Bertz CT molecular complexity index is 65.3. The summed E-state index contributed by atoms with van der Waals surface area (Å²) in [5.74, 6) is 0. The molecule has 0 amide bonds. The Morgan fingerprint density at radius 3 is 1.83 bits per heavy atom. The van der Waals surface area contributed by atoms with Gasteiger partial charge in [0, 0.05) is 26.2 Å². The molecule has 0 aliphatic heterocycles. The molecule has 0 saturated heterocycles. The van der Waals surface area contributed by atoms with Gasteiger partial charge in [-0.25, -0.2) is 0 Å². The van der Waals surface area contributed by atoms with Crippen molar-refractivity contribution in [1.82, 2.24) is 15.4 Å². The second-order valence-corrected chi connectivity index (χ2v) is 0.656. The molecule has 0 atom stereocenters. The summed E-state index contributed by atoms with van der Waals surface area (Å²) in [5.41, 5.74) is 0. The van der Waals surface area contributed by atoms with Gasteiger partial charge >= 0.3 is 0 Å². The van der Waals surface area contributed by atoms with Crippen LogP contribution in [0.4, 0.5) is 0 Å². The van der Waals surface area contributed by atoms with Crippen molar-refractivity contribution in [2.45, 2.75) is 0 Å². The summed E-state index contributed by atoms with van der Waals surface area (Å²) < 4.78 is 0. The molecule has 6 heavy (non-hydrogen) atoms. The average Bonchev–Trinajstić information content (AvgIpc) is 1.76. The van der Waals surface area contributed by atoms with Crippen LogP contribution in [0, 0.1) is 0 Å². The summed E-state index contributed by atoms with van der Waals surface area (Å²) in [5, 5.41) is 9.33. The summed E-state index contributed by atoms with van der Waals surface area (Å²) in [7, 11) is 0. The van der Waals surface area contributed by atoms with Gasteiger partial charge < -0.3 is 0 Å². The SMILES string of the molecule is [Zr].c1cn[nH]n1. The number of hydrogen-bond donors (Lipinski definition) is 1. The zero-order valence-corrected chi connectivity index (χ0v) is 5.51. The molecule has 3 nitrogen and oxygen atoms in total. The summed E-state index contributed by atoms with van der Waals surface area (Å²) in [6.07, 6.45) is 3.17. The molecule has 1 aromatic rings. The Kier molecular flexibility index (Phi) is 3.23. The van der Waals surface area contributed by atoms with E-state index in [-0.39, 0.29) is 26.2 Å². The van der Waals surface area contributed by atoms with Gasteiger partial charge in [-0.1, -0.05) is 0 Å². The fraction of sp³-hybridized carbons (Fsp3) is 0. The molecule has 0 aliphatic rings.